The van der Waals surface area contributed by atoms with Crippen LogP contribution in [-0.4, -0.2) is 63.6 Å². The van der Waals surface area contributed by atoms with Crippen molar-refractivity contribution in [2.45, 2.75) is 107 Å². The van der Waals surface area contributed by atoms with Gasteiger partial charge in [-0.2, -0.15) is 22.0 Å². The fourth-order valence-corrected chi connectivity index (χ4v) is 9.16. The topological polar surface area (TPSA) is 96.2 Å². The highest BCUT2D eigenvalue weighted by molar-refractivity contribution is 5.87. The zero-order valence-corrected chi connectivity index (χ0v) is 24.6. The number of carboxylic acid groups (broad SMARTS) is 1. The van der Waals surface area contributed by atoms with Crippen LogP contribution in [0, 0.1) is 22.7 Å². The Balaban J connectivity index is 1.46. The molecule has 4 aliphatic carbocycles. The molecule has 3 N–H and O–H groups in total. The van der Waals surface area contributed by atoms with Crippen LogP contribution in [-0.2, 0) is 9.47 Å². The maximum atomic E-state index is 15.2. The maximum Gasteiger partial charge on any atom is 0.456 e. The molecule has 6 nitrogen and oxygen atoms in total. The first-order valence-corrected chi connectivity index (χ1v) is 15.0. The molecule has 1 aromatic rings. The van der Waals surface area contributed by atoms with Gasteiger partial charge in [0.15, 0.2) is 5.79 Å². The number of allylic oxidation sites excluding steroid dienone is 1. The molecular weight excluding hydrogens is 575 g/mol. The van der Waals surface area contributed by atoms with Crippen LogP contribution in [0.2, 0.25) is 0 Å². The van der Waals surface area contributed by atoms with E-state index in [1.54, 1.807) is 12.1 Å². The molecule has 43 heavy (non-hydrogen) atoms. The lowest BCUT2D eigenvalue weighted by molar-refractivity contribution is -0.362. The number of ether oxygens (including phenoxy) is 2. The fourth-order valence-electron chi connectivity index (χ4n) is 9.16. The van der Waals surface area contributed by atoms with Crippen molar-refractivity contribution in [1.82, 2.24) is 0 Å². The molecule has 6 atom stereocenters. The molecule has 4 fully saturated rings. The normalized spacial score (nSPS) is 38.8. The molecule has 0 amide bonds. The molecule has 0 aromatic heterocycles. The van der Waals surface area contributed by atoms with Crippen molar-refractivity contribution in [3.05, 3.63) is 46.5 Å². The number of halogens is 5. The van der Waals surface area contributed by atoms with Crippen molar-refractivity contribution in [3.63, 3.8) is 0 Å². The minimum Gasteiger partial charge on any atom is -0.478 e. The molecule has 0 bridgehead atoms. The predicted molar refractivity (Wildman–Crippen MR) is 145 cm³/mol. The van der Waals surface area contributed by atoms with E-state index in [0.717, 1.165) is 11.1 Å². The summed E-state index contributed by atoms with van der Waals surface area (Å²) in [6, 6.07) is 5.89. The van der Waals surface area contributed by atoms with Gasteiger partial charge in [0.1, 0.15) is 5.60 Å². The highest BCUT2D eigenvalue weighted by Crippen LogP contribution is 2.71. The van der Waals surface area contributed by atoms with Crippen molar-refractivity contribution in [1.29, 1.82) is 0 Å². The van der Waals surface area contributed by atoms with Crippen LogP contribution in [0.3, 0.4) is 0 Å². The summed E-state index contributed by atoms with van der Waals surface area (Å²) >= 11 is 0. The molecule has 1 saturated heterocycles. The second-order valence-corrected chi connectivity index (χ2v) is 14.6. The summed E-state index contributed by atoms with van der Waals surface area (Å²) in [4.78, 5) is 11.5. The number of hydrogen-bond acceptors (Lipinski definition) is 5. The first-order valence-electron chi connectivity index (χ1n) is 15.0. The number of hydrogen-bond donors (Lipinski definition) is 3. The van der Waals surface area contributed by atoms with E-state index in [1.807, 2.05) is 13.8 Å². The lowest BCUT2D eigenvalue weighted by Gasteiger charge is -2.59. The SMILES string of the molecule is CC1(C)COC2(CCC3=C4C(c5ccc(C(=O)O)cc5)CC5(C)C(CC[C@@]5(O)C(F)(F)C(F)(F)F)C4CC[C@@]3(O)C2)OC1. The van der Waals surface area contributed by atoms with Gasteiger partial charge in [0.2, 0.25) is 0 Å². The number of rotatable bonds is 3. The van der Waals surface area contributed by atoms with Gasteiger partial charge >= 0.3 is 18.1 Å². The molecule has 6 rings (SSSR count). The molecule has 1 aromatic carbocycles. The van der Waals surface area contributed by atoms with Crippen LogP contribution in [0.1, 0.15) is 94.0 Å². The first-order chi connectivity index (χ1) is 19.8. The Kier molecular flexibility index (Phi) is 6.81. The molecule has 11 heteroatoms. The van der Waals surface area contributed by atoms with E-state index in [4.69, 9.17) is 9.47 Å². The minimum atomic E-state index is -5.93. The first kappa shape index (κ1) is 30.9. The third-order valence-corrected chi connectivity index (χ3v) is 11.5. The van der Waals surface area contributed by atoms with Gasteiger partial charge < -0.3 is 24.8 Å². The zero-order chi connectivity index (χ0) is 31.4. The second kappa shape index (κ2) is 9.47. The van der Waals surface area contributed by atoms with Crippen LogP contribution in [0.25, 0.3) is 0 Å². The van der Waals surface area contributed by atoms with Crippen LogP contribution in [0.4, 0.5) is 22.0 Å². The van der Waals surface area contributed by atoms with Gasteiger partial charge in [-0.05, 0) is 73.6 Å². The van der Waals surface area contributed by atoms with Gasteiger partial charge in [0.05, 0.1) is 24.4 Å². The summed E-state index contributed by atoms with van der Waals surface area (Å²) in [5.74, 6) is -9.25. The number of aliphatic hydroxyl groups is 2. The molecule has 5 aliphatic rings. The van der Waals surface area contributed by atoms with E-state index in [9.17, 15) is 33.3 Å². The van der Waals surface area contributed by atoms with Crippen LogP contribution in [0.5, 0.6) is 0 Å². The van der Waals surface area contributed by atoms with E-state index >= 15 is 8.78 Å². The van der Waals surface area contributed by atoms with Gasteiger partial charge in [0, 0.05) is 29.6 Å². The van der Waals surface area contributed by atoms with E-state index < -0.39 is 64.6 Å². The smallest absolute Gasteiger partial charge is 0.456 e. The zero-order valence-electron chi connectivity index (χ0n) is 24.6. The summed E-state index contributed by atoms with van der Waals surface area (Å²) in [5.41, 5.74) is -4.48. The van der Waals surface area contributed by atoms with Crippen LogP contribution >= 0.6 is 0 Å². The third kappa shape index (κ3) is 4.42. The molecule has 1 heterocycles. The molecular formula is C32H39F5O6. The Morgan fingerprint density at radius 3 is 2.14 bits per heavy atom. The van der Waals surface area contributed by atoms with E-state index in [-0.39, 0.29) is 36.7 Å². The predicted octanol–water partition coefficient (Wildman–Crippen LogP) is 6.61. The minimum absolute atomic E-state index is 0.00550. The highest BCUT2D eigenvalue weighted by Gasteiger charge is 2.79. The largest absolute Gasteiger partial charge is 0.478 e. The molecule has 1 aliphatic heterocycles. The molecule has 3 saturated carbocycles. The van der Waals surface area contributed by atoms with Crippen molar-refractivity contribution < 1.29 is 51.5 Å². The number of fused-ring (bicyclic) bond motifs is 4. The van der Waals surface area contributed by atoms with Gasteiger partial charge in [-0.3, -0.25) is 0 Å². The monoisotopic (exact) mass is 614 g/mol. The third-order valence-electron chi connectivity index (χ3n) is 11.5. The summed E-state index contributed by atoms with van der Waals surface area (Å²) in [7, 11) is 0. The standard InChI is InChI=1S/C32H39F5O6/c1-26(2)16-42-29(43-17-26)12-9-23-24-20(8-11-28(23,40)15-29)22-10-13-30(41,31(33,34)32(35,36)37)27(22,3)14-21(24)18-4-6-19(7-5-18)25(38)39/h4-7,20-22,40-41H,8-17H2,1-3H3,(H,38,39)/t20?,21?,22?,27?,28-,30+/m1/s1. The Hall–Kier alpha value is -2.08. The number of carbonyl (C=O) groups is 1. The molecule has 238 valence electrons. The van der Waals surface area contributed by atoms with Gasteiger partial charge in [-0.15, -0.1) is 0 Å². The lowest BCUT2D eigenvalue weighted by Crippen LogP contribution is -2.65. The van der Waals surface area contributed by atoms with Crippen molar-refractivity contribution in [2.75, 3.05) is 13.2 Å². The van der Waals surface area contributed by atoms with Crippen LogP contribution < -0.4 is 0 Å². The Bertz CT molecular complexity index is 1330. The Morgan fingerprint density at radius 1 is 0.930 bits per heavy atom. The molecule has 1 spiro atoms. The maximum absolute atomic E-state index is 15.2. The van der Waals surface area contributed by atoms with Gasteiger partial charge in [0.25, 0.3) is 0 Å². The lowest BCUT2D eigenvalue weighted by atomic mass is 9.49. The Labute approximate surface area is 247 Å². The summed E-state index contributed by atoms with van der Waals surface area (Å²) in [5, 5.41) is 33.0. The highest BCUT2D eigenvalue weighted by atomic mass is 19.4. The number of benzene rings is 1. The summed E-state index contributed by atoms with van der Waals surface area (Å²) in [6.07, 6.45) is -5.19. The summed E-state index contributed by atoms with van der Waals surface area (Å²) < 4.78 is 84.2. The van der Waals surface area contributed by atoms with Gasteiger partial charge in [-0.25, -0.2) is 4.79 Å². The Morgan fingerprint density at radius 2 is 1.56 bits per heavy atom. The van der Waals surface area contributed by atoms with Crippen molar-refractivity contribution in [2.24, 2.45) is 22.7 Å². The number of aromatic carboxylic acids is 1. The summed E-state index contributed by atoms with van der Waals surface area (Å²) in [6.45, 7) is 6.33. The van der Waals surface area contributed by atoms with Crippen molar-refractivity contribution >= 4 is 5.97 Å². The average Bonchev–Trinajstić information content (AvgIpc) is 3.20. The second-order valence-electron chi connectivity index (χ2n) is 14.6. The average molecular weight is 615 g/mol. The molecule has 0 radical (unpaired) electrons. The van der Waals surface area contributed by atoms with E-state index in [1.165, 1.54) is 19.1 Å². The van der Waals surface area contributed by atoms with E-state index in [0.29, 0.717) is 38.0 Å². The fraction of sp³-hybridized carbons (Fsp3) is 0.719. The number of carboxylic acids is 1. The number of alkyl halides is 5. The van der Waals surface area contributed by atoms with E-state index in [2.05, 4.69) is 0 Å². The van der Waals surface area contributed by atoms with Crippen molar-refractivity contribution in [3.8, 4) is 0 Å². The quantitative estimate of drug-likeness (QED) is 0.262. The van der Waals surface area contributed by atoms with Crippen LogP contribution in [0.15, 0.2) is 35.4 Å². The molecule has 4 unspecified atom stereocenters. The van der Waals surface area contributed by atoms with Gasteiger partial charge in [-0.1, -0.05) is 38.5 Å².